The molecule has 2 nitrogen and oxygen atoms in total. The third-order valence-electron chi connectivity index (χ3n) is 3.32. The van der Waals surface area contributed by atoms with E-state index in [0.717, 1.165) is 17.5 Å². The molecule has 0 radical (unpaired) electrons. The van der Waals surface area contributed by atoms with Gasteiger partial charge in [-0.25, -0.2) is 0 Å². The monoisotopic (exact) mass is 204 g/mol. The molecule has 0 amide bonds. The van der Waals surface area contributed by atoms with Crippen LogP contribution in [-0.2, 0) is 4.79 Å². The maximum Gasteiger partial charge on any atom is 0.311 e. The van der Waals surface area contributed by atoms with Crippen LogP contribution in [0.2, 0.25) is 0 Å². The number of carbonyl (C=O) groups is 1. The number of aryl methyl sites for hydroxylation is 2. The Morgan fingerprint density at radius 2 is 2.07 bits per heavy atom. The molecule has 2 unspecified atom stereocenters. The molecule has 2 atom stereocenters. The van der Waals surface area contributed by atoms with Crippen molar-refractivity contribution in [3.63, 3.8) is 0 Å². The average Bonchev–Trinajstić information content (AvgIpc) is 2.42. The van der Waals surface area contributed by atoms with E-state index in [-0.39, 0.29) is 5.92 Å². The number of carboxylic acids is 1. The van der Waals surface area contributed by atoms with Crippen LogP contribution in [-0.4, -0.2) is 11.1 Å². The van der Waals surface area contributed by atoms with E-state index in [0.29, 0.717) is 5.92 Å². The van der Waals surface area contributed by atoms with Crippen LogP contribution in [0.25, 0.3) is 0 Å². The smallest absolute Gasteiger partial charge is 0.311 e. The summed E-state index contributed by atoms with van der Waals surface area (Å²) in [4.78, 5) is 11.1. The summed E-state index contributed by atoms with van der Waals surface area (Å²) >= 11 is 0. The van der Waals surface area contributed by atoms with Crippen LogP contribution in [0.5, 0.6) is 0 Å². The summed E-state index contributed by atoms with van der Waals surface area (Å²) in [6.07, 6.45) is 0.745. The summed E-state index contributed by atoms with van der Waals surface area (Å²) in [5, 5.41) is 9.16. The van der Waals surface area contributed by atoms with Crippen LogP contribution in [0.4, 0.5) is 0 Å². The Hall–Kier alpha value is -1.31. The van der Waals surface area contributed by atoms with Gasteiger partial charge in [0.25, 0.3) is 0 Å². The first kappa shape index (κ1) is 10.2. The van der Waals surface area contributed by atoms with Crippen LogP contribution in [0.15, 0.2) is 12.1 Å². The molecule has 2 rings (SSSR count). The number of fused-ring (bicyclic) bond motifs is 1. The molecule has 80 valence electrons. The highest BCUT2D eigenvalue weighted by Crippen LogP contribution is 2.43. The van der Waals surface area contributed by atoms with Crippen molar-refractivity contribution in [3.05, 3.63) is 34.4 Å². The van der Waals surface area contributed by atoms with Crippen molar-refractivity contribution in [2.24, 2.45) is 0 Å². The van der Waals surface area contributed by atoms with Gasteiger partial charge in [0, 0.05) is 0 Å². The van der Waals surface area contributed by atoms with Gasteiger partial charge in [-0.3, -0.25) is 4.79 Å². The molecule has 2 heteroatoms. The maximum atomic E-state index is 11.1. The Bertz CT molecular complexity index is 421. The Morgan fingerprint density at radius 3 is 2.67 bits per heavy atom. The molecular formula is C13H16O2. The molecule has 1 aliphatic carbocycles. The minimum Gasteiger partial charge on any atom is -0.481 e. The van der Waals surface area contributed by atoms with Crippen LogP contribution in [0, 0.1) is 13.8 Å². The zero-order valence-corrected chi connectivity index (χ0v) is 9.37. The van der Waals surface area contributed by atoms with Crippen molar-refractivity contribution in [2.75, 3.05) is 0 Å². The topological polar surface area (TPSA) is 37.3 Å². The van der Waals surface area contributed by atoms with Gasteiger partial charge in [-0.1, -0.05) is 24.6 Å². The zero-order chi connectivity index (χ0) is 11.2. The maximum absolute atomic E-state index is 11.1. The summed E-state index contributed by atoms with van der Waals surface area (Å²) in [7, 11) is 0. The quantitative estimate of drug-likeness (QED) is 0.763. The molecule has 1 aromatic carbocycles. The number of carboxylic acid groups (broad SMARTS) is 1. The summed E-state index contributed by atoms with van der Waals surface area (Å²) < 4.78 is 0. The first-order valence-electron chi connectivity index (χ1n) is 5.34. The Morgan fingerprint density at radius 1 is 1.40 bits per heavy atom. The zero-order valence-electron chi connectivity index (χ0n) is 9.37. The van der Waals surface area contributed by atoms with E-state index in [4.69, 9.17) is 5.11 Å². The van der Waals surface area contributed by atoms with Gasteiger partial charge in [0.05, 0.1) is 5.92 Å². The lowest BCUT2D eigenvalue weighted by Crippen LogP contribution is -2.08. The largest absolute Gasteiger partial charge is 0.481 e. The van der Waals surface area contributed by atoms with E-state index < -0.39 is 5.97 Å². The standard InChI is InChI=1S/C13H16O2/c1-7-4-8(2)12-9(3)6-11(13(14)15)10(12)5-7/h4-5,9,11H,6H2,1-3H3,(H,14,15). The van der Waals surface area contributed by atoms with Gasteiger partial charge < -0.3 is 5.11 Å². The van der Waals surface area contributed by atoms with E-state index in [9.17, 15) is 4.79 Å². The van der Waals surface area contributed by atoms with Gasteiger partial charge in [0.15, 0.2) is 0 Å². The van der Waals surface area contributed by atoms with Crippen molar-refractivity contribution in [1.82, 2.24) is 0 Å². The minimum atomic E-state index is -0.689. The first-order chi connectivity index (χ1) is 7.00. The second-order valence-corrected chi connectivity index (χ2v) is 4.61. The average molecular weight is 204 g/mol. The molecule has 0 bridgehead atoms. The highest BCUT2D eigenvalue weighted by Gasteiger charge is 2.34. The fourth-order valence-corrected chi connectivity index (χ4v) is 2.81. The molecule has 0 aromatic heterocycles. The lowest BCUT2D eigenvalue weighted by Gasteiger charge is -2.10. The molecule has 0 aliphatic heterocycles. The minimum absolute atomic E-state index is 0.298. The molecule has 0 saturated carbocycles. The third kappa shape index (κ3) is 1.54. The number of benzene rings is 1. The predicted molar refractivity (Wildman–Crippen MR) is 59.3 cm³/mol. The normalized spacial score (nSPS) is 23.9. The van der Waals surface area contributed by atoms with Gasteiger partial charge in [-0.05, 0) is 42.9 Å². The molecule has 1 aromatic rings. The van der Waals surface area contributed by atoms with Crippen LogP contribution < -0.4 is 0 Å². The second kappa shape index (κ2) is 3.37. The van der Waals surface area contributed by atoms with Crippen molar-refractivity contribution < 1.29 is 9.90 Å². The second-order valence-electron chi connectivity index (χ2n) is 4.61. The van der Waals surface area contributed by atoms with Crippen LogP contribution in [0.1, 0.15) is 47.4 Å². The van der Waals surface area contributed by atoms with Gasteiger partial charge in [-0.2, -0.15) is 0 Å². The molecule has 15 heavy (non-hydrogen) atoms. The summed E-state index contributed by atoms with van der Waals surface area (Å²) in [6, 6.07) is 4.17. The van der Waals surface area contributed by atoms with Crippen molar-refractivity contribution in [3.8, 4) is 0 Å². The SMILES string of the molecule is Cc1cc(C)c2c(c1)C(C(=O)O)CC2C. The summed E-state index contributed by atoms with van der Waals surface area (Å²) in [5.74, 6) is -0.610. The van der Waals surface area contributed by atoms with E-state index in [1.54, 1.807) is 0 Å². The van der Waals surface area contributed by atoms with E-state index in [2.05, 4.69) is 19.9 Å². The summed E-state index contributed by atoms with van der Waals surface area (Å²) in [6.45, 7) is 6.21. The molecule has 1 N–H and O–H groups in total. The van der Waals surface area contributed by atoms with E-state index >= 15 is 0 Å². The Balaban J connectivity index is 2.60. The highest BCUT2D eigenvalue weighted by molar-refractivity contribution is 5.78. The predicted octanol–water partition coefficient (Wildman–Crippen LogP) is 2.98. The van der Waals surface area contributed by atoms with Crippen LogP contribution >= 0.6 is 0 Å². The molecule has 1 aliphatic rings. The van der Waals surface area contributed by atoms with Crippen molar-refractivity contribution in [1.29, 1.82) is 0 Å². The lowest BCUT2D eigenvalue weighted by atomic mass is 9.95. The Kier molecular flexibility index (Phi) is 2.29. The van der Waals surface area contributed by atoms with Crippen molar-refractivity contribution >= 4 is 5.97 Å². The van der Waals surface area contributed by atoms with Crippen LogP contribution in [0.3, 0.4) is 0 Å². The highest BCUT2D eigenvalue weighted by atomic mass is 16.4. The third-order valence-corrected chi connectivity index (χ3v) is 3.32. The number of aliphatic carboxylic acids is 1. The molecule has 0 spiro atoms. The first-order valence-corrected chi connectivity index (χ1v) is 5.34. The molecule has 0 fully saturated rings. The van der Waals surface area contributed by atoms with E-state index in [1.807, 2.05) is 13.0 Å². The van der Waals surface area contributed by atoms with E-state index in [1.165, 1.54) is 11.1 Å². The number of rotatable bonds is 1. The number of hydrogen-bond acceptors (Lipinski definition) is 1. The van der Waals surface area contributed by atoms with Gasteiger partial charge >= 0.3 is 5.97 Å². The number of hydrogen-bond donors (Lipinski definition) is 1. The summed E-state index contributed by atoms with van der Waals surface area (Å²) in [5.41, 5.74) is 4.69. The fourth-order valence-electron chi connectivity index (χ4n) is 2.81. The van der Waals surface area contributed by atoms with Gasteiger partial charge in [-0.15, -0.1) is 0 Å². The molecule has 0 heterocycles. The van der Waals surface area contributed by atoms with Gasteiger partial charge in [0.2, 0.25) is 0 Å². The Labute approximate surface area is 89.9 Å². The van der Waals surface area contributed by atoms with Crippen molar-refractivity contribution in [2.45, 2.75) is 39.0 Å². The lowest BCUT2D eigenvalue weighted by molar-refractivity contribution is -0.138. The molecule has 0 saturated heterocycles. The molecular weight excluding hydrogens is 188 g/mol. The van der Waals surface area contributed by atoms with Gasteiger partial charge in [0.1, 0.15) is 0 Å². The fraction of sp³-hybridized carbons (Fsp3) is 0.462.